The smallest absolute Gasteiger partial charge is 0.224 e. The van der Waals surface area contributed by atoms with Crippen LogP contribution in [0, 0.1) is 5.82 Å². The summed E-state index contributed by atoms with van der Waals surface area (Å²) in [6.07, 6.45) is 3.52. The molecule has 0 aliphatic rings. The zero-order valence-electron chi connectivity index (χ0n) is 10.1. The average molecular weight is 238 g/mol. The third-order valence-corrected chi connectivity index (χ3v) is 2.56. The van der Waals surface area contributed by atoms with E-state index in [2.05, 4.69) is 12.2 Å². The summed E-state index contributed by atoms with van der Waals surface area (Å²) < 4.78 is 13.2. The van der Waals surface area contributed by atoms with E-state index in [4.69, 9.17) is 5.73 Å². The van der Waals surface area contributed by atoms with Crippen LogP contribution in [0.25, 0.3) is 0 Å². The number of anilines is 1. The number of hydrogen-bond donors (Lipinski definition) is 2. The standard InChI is InChI=1S/C13H19FN2O/c1-2-3-4-5-13(17)16-11-6-7-12(14)10(8-11)9-15/h6-8H,2-5,9,15H2,1H3,(H,16,17). The summed E-state index contributed by atoms with van der Waals surface area (Å²) in [7, 11) is 0. The molecule has 0 spiro atoms. The average Bonchev–Trinajstić information content (AvgIpc) is 2.32. The van der Waals surface area contributed by atoms with Crippen LogP contribution in [-0.4, -0.2) is 5.91 Å². The van der Waals surface area contributed by atoms with Gasteiger partial charge in [0.1, 0.15) is 5.82 Å². The van der Waals surface area contributed by atoms with Crippen LogP contribution < -0.4 is 11.1 Å². The van der Waals surface area contributed by atoms with E-state index in [9.17, 15) is 9.18 Å². The lowest BCUT2D eigenvalue weighted by atomic mass is 10.1. The summed E-state index contributed by atoms with van der Waals surface area (Å²) in [5, 5.41) is 2.74. The molecule has 0 aromatic heterocycles. The van der Waals surface area contributed by atoms with Crippen LogP contribution in [0.5, 0.6) is 0 Å². The van der Waals surface area contributed by atoms with Gasteiger partial charge >= 0.3 is 0 Å². The Bertz CT molecular complexity index is 380. The van der Waals surface area contributed by atoms with E-state index < -0.39 is 0 Å². The number of amides is 1. The van der Waals surface area contributed by atoms with Crippen molar-refractivity contribution in [3.05, 3.63) is 29.6 Å². The Kier molecular flexibility index (Phi) is 5.63. The fraction of sp³-hybridized carbons (Fsp3) is 0.462. The van der Waals surface area contributed by atoms with Gasteiger partial charge in [0.15, 0.2) is 0 Å². The second kappa shape index (κ2) is 7.01. The number of benzene rings is 1. The van der Waals surface area contributed by atoms with Crippen LogP contribution in [0.2, 0.25) is 0 Å². The number of rotatable bonds is 6. The predicted octanol–water partition coefficient (Wildman–Crippen LogP) is 2.80. The van der Waals surface area contributed by atoms with E-state index in [1.807, 2.05) is 0 Å². The second-order valence-corrected chi connectivity index (χ2v) is 4.02. The number of nitrogens with one attached hydrogen (secondary N) is 1. The van der Waals surface area contributed by atoms with Gasteiger partial charge in [-0.15, -0.1) is 0 Å². The minimum absolute atomic E-state index is 0.0342. The van der Waals surface area contributed by atoms with Gasteiger partial charge in [-0.1, -0.05) is 19.8 Å². The molecule has 0 aliphatic carbocycles. The molecule has 0 heterocycles. The predicted molar refractivity (Wildman–Crippen MR) is 67.1 cm³/mol. The van der Waals surface area contributed by atoms with Gasteiger partial charge < -0.3 is 11.1 Å². The number of carbonyl (C=O) groups excluding carboxylic acids is 1. The van der Waals surface area contributed by atoms with Gasteiger partial charge in [0.2, 0.25) is 5.91 Å². The molecular weight excluding hydrogens is 219 g/mol. The molecule has 1 aromatic rings. The molecule has 0 fully saturated rings. The Hall–Kier alpha value is -1.42. The molecule has 0 unspecified atom stereocenters. The molecule has 0 atom stereocenters. The first-order chi connectivity index (χ1) is 8.17. The fourth-order valence-electron chi connectivity index (χ4n) is 1.57. The zero-order valence-corrected chi connectivity index (χ0v) is 10.1. The monoisotopic (exact) mass is 238 g/mol. The molecule has 1 rings (SSSR count). The molecule has 17 heavy (non-hydrogen) atoms. The van der Waals surface area contributed by atoms with Gasteiger partial charge in [-0.2, -0.15) is 0 Å². The molecule has 3 N–H and O–H groups in total. The molecule has 94 valence electrons. The molecule has 1 aromatic carbocycles. The number of carbonyl (C=O) groups is 1. The highest BCUT2D eigenvalue weighted by Crippen LogP contribution is 2.14. The summed E-state index contributed by atoms with van der Waals surface area (Å²) in [5.41, 5.74) is 6.41. The van der Waals surface area contributed by atoms with Crippen LogP contribution in [0.3, 0.4) is 0 Å². The number of halogens is 1. The topological polar surface area (TPSA) is 55.1 Å². The van der Waals surface area contributed by atoms with Crippen molar-refractivity contribution in [3.8, 4) is 0 Å². The first kappa shape index (κ1) is 13.6. The van der Waals surface area contributed by atoms with E-state index in [1.165, 1.54) is 6.07 Å². The van der Waals surface area contributed by atoms with Crippen molar-refractivity contribution >= 4 is 11.6 Å². The highest BCUT2D eigenvalue weighted by molar-refractivity contribution is 5.90. The van der Waals surface area contributed by atoms with Gasteiger partial charge in [-0.05, 0) is 24.6 Å². The Morgan fingerprint density at radius 2 is 2.18 bits per heavy atom. The number of hydrogen-bond acceptors (Lipinski definition) is 2. The Morgan fingerprint density at radius 3 is 2.82 bits per heavy atom. The normalized spacial score (nSPS) is 10.3. The van der Waals surface area contributed by atoms with Gasteiger partial charge in [-0.25, -0.2) is 4.39 Å². The zero-order chi connectivity index (χ0) is 12.7. The largest absolute Gasteiger partial charge is 0.326 e. The van der Waals surface area contributed by atoms with Crippen LogP contribution >= 0.6 is 0 Å². The fourth-order valence-corrected chi connectivity index (χ4v) is 1.57. The van der Waals surface area contributed by atoms with E-state index in [1.54, 1.807) is 12.1 Å². The quantitative estimate of drug-likeness (QED) is 0.749. The van der Waals surface area contributed by atoms with Crippen LogP contribution in [0.1, 0.15) is 38.2 Å². The van der Waals surface area contributed by atoms with E-state index >= 15 is 0 Å². The molecule has 0 saturated carbocycles. The van der Waals surface area contributed by atoms with Crippen molar-refractivity contribution in [3.63, 3.8) is 0 Å². The summed E-state index contributed by atoms with van der Waals surface area (Å²) in [6.45, 7) is 2.22. The van der Waals surface area contributed by atoms with Crippen LogP contribution in [0.4, 0.5) is 10.1 Å². The van der Waals surface area contributed by atoms with E-state index in [-0.39, 0.29) is 18.3 Å². The molecule has 3 nitrogen and oxygen atoms in total. The van der Waals surface area contributed by atoms with Gasteiger partial charge in [0.05, 0.1) is 0 Å². The van der Waals surface area contributed by atoms with Crippen molar-refractivity contribution in [2.24, 2.45) is 5.73 Å². The van der Waals surface area contributed by atoms with Crippen LogP contribution in [-0.2, 0) is 11.3 Å². The molecular formula is C13H19FN2O. The lowest BCUT2D eigenvalue weighted by Crippen LogP contribution is -2.12. The van der Waals surface area contributed by atoms with Crippen molar-refractivity contribution in [1.29, 1.82) is 0 Å². The first-order valence-corrected chi connectivity index (χ1v) is 5.95. The molecule has 0 bridgehead atoms. The SMILES string of the molecule is CCCCCC(=O)Nc1ccc(F)c(CN)c1. The summed E-state index contributed by atoms with van der Waals surface area (Å²) in [6, 6.07) is 4.45. The Balaban J connectivity index is 2.53. The number of unbranched alkanes of at least 4 members (excludes halogenated alkanes) is 2. The Labute approximate surface area is 101 Å². The molecule has 4 heteroatoms. The summed E-state index contributed by atoms with van der Waals surface area (Å²) in [5.74, 6) is -0.371. The molecule has 0 saturated heterocycles. The van der Waals surface area contributed by atoms with Gasteiger partial charge in [0.25, 0.3) is 0 Å². The molecule has 1 amide bonds. The maximum Gasteiger partial charge on any atom is 0.224 e. The maximum atomic E-state index is 13.2. The lowest BCUT2D eigenvalue weighted by Gasteiger charge is -2.07. The van der Waals surface area contributed by atoms with Crippen LogP contribution in [0.15, 0.2) is 18.2 Å². The second-order valence-electron chi connectivity index (χ2n) is 4.02. The minimum Gasteiger partial charge on any atom is -0.326 e. The van der Waals surface area contributed by atoms with E-state index in [0.29, 0.717) is 17.7 Å². The Morgan fingerprint density at radius 1 is 1.41 bits per heavy atom. The number of nitrogens with two attached hydrogens (primary N) is 1. The van der Waals surface area contributed by atoms with Crippen molar-refractivity contribution in [2.45, 2.75) is 39.2 Å². The minimum atomic E-state index is -0.337. The molecule has 0 radical (unpaired) electrons. The molecule has 0 aliphatic heterocycles. The van der Waals surface area contributed by atoms with Crippen molar-refractivity contribution < 1.29 is 9.18 Å². The lowest BCUT2D eigenvalue weighted by molar-refractivity contribution is -0.116. The van der Waals surface area contributed by atoms with E-state index in [0.717, 1.165) is 19.3 Å². The van der Waals surface area contributed by atoms with Crippen molar-refractivity contribution in [1.82, 2.24) is 0 Å². The summed E-state index contributed by atoms with van der Waals surface area (Å²) in [4.78, 5) is 11.5. The highest BCUT2D eigenvalue weighted by Gasteiger charge is 2.05. The van der Waals surface area contributed by atoms with Gasteiger partial charge in [-0.3, -0.25) is 4.79 Å². The third-order valence-electron chi connectivity index (χ3n) is 2.56. The summed E-state index contributed by atoms with van der Waals surface area (Å²) >= 11 is 0. The maximum absolute atomic E-state index is 13.2. The van der Waals surface area contributed by atoms with Gasteiger partial charge in [0, 0.05) is 24.2 Å². The highest BCUT2D eigenvalue weighted by atomic mass is 19.1. The van der Waals surface area contributed by atoms with Crippen molar-refractivity contribution in [2.75, 3.05) is 5.32 Å². The third kappa shape index (κ3) is 4.53. The first-order valence-electron chi connectivity index (χ1n) is 5.95.